The van der Waals surface area contributed by atoms with Gasteiger partial charge in [-0.3, -0.25) is 0 Å². The maximum atomic E-state index is 6.29. The zero-order valence-electron chi connectivity index (χ0n) is 14.2. The van der Waals surface area contributed by atoms with Crippen molar-refractivity contribution in [2.24, 2.45) is 0 Å². The predicted molar refractivity (Wildman–Crippen MR) is 88.7 cm³/mol. The molecular formula is C17H25BN2O2. The Labute approximate surface area is 133 Å². The Morgan fingerprint density at radius 3 is 2.55 bits per heavy atom. The van der Waals surface area contributed by atoms with E-state index in [4.69, 9.17) is 9.31 Å². The van der Waals surface area contributed by atoms with Crippen molar-refractivity contribution in [1.29, 1.82) is 0 Å². The number of hydrogen-bond donors (Lipinski definition) is 0. The van der Waals surface area contributed by atoms with Gasteiger partial charge in [-0.1, -0.05) is 6.42 Å². The first-order valence-corrected chi connectivity index (χ1v) is 8.39. The number of rotatable bonds is 1. The maximum Gasteiger partial charge on any atom is 0.495 e. The van der Waals surface area contributed by atoms with E-state index >= 15 is 0 Å². The molecule has 1 aromatic heterocycles. The summed E-state index contributed by atoms with van der Waals surface area (Å²) in [5.74, 6) is 1.71. The molecule has 1 saturated heterocycles. The van der Waals surface area contributed by atoms with Crippen LogP contribution in [0.1, 0.15) is 58.4 Å². The van der Waals surface area contributed by atoms with E-state index in [1.54, 1.807) is 0 Å². The smallest absolute Gasteiger partial charge is 0.399 e. The first kappa shape index (κ1) is 14.5. The average molecular weight is 300 g/mol. The topological polar surface area (TPSA) is 34.6 Å². The highest BCUT2D eigenvalue weighted by Crippen LogP contribution is 2.47. The fourth-order valence-corrected chi connectivity index (χ4v) is 4.21. The van der Waals surface area contributed by atoms with Crippen LogP contribution in [0.5, 0.6) is 0 Å². The summed E-state index contributed by atoms with van der Waals surface area (Å²) in [5, 5.41) is 0. The first-order chi connectivity index (χ1) is 10.3. The standard InChI is InChI=1S/C17H25BN2O2/c1-16(2)17(3,4)22-18(21-16)12-9-10-19-15-14(12)11-7-6-8-13(11)20(15)5/h9-11,13H,6-8H2,1-5H3. The Morgan fingerprint density at radius 2 is 1.86 bits per heavy atom. The van der Waals surface area contributed by atoms with E-state index in [1.807, 2.05) is 6.20 Å². The predicted octanol–water partition coefficient (Wildman–Crippen LogP) is 2.47. The second kappa shape index (κ2) is 4.48. The van der Waals surface area contributed by atoms with Crippen molar-refractivity contribution < 1.29 is 9.31 Å². The van der Waals surface area contributed by atoms with Crippen molar-refractivity contribution in [1.82, 2.24) is 4.98 Å². The van der Waals surface area contributed by atoms with Gasteiger partial charge in [-0.05, 0) is 57.6 Å². The normalized spacial score (nSPS) is 31.5. The molecule has 4 rings (SSSR count). The zero-order chi connectivity index (χ0) is 15.7. The number of hydrogen-bond acceptors (Lipinski definition) is 4. The molecule has 1 saturated carbocycles. The van der Waals surface area contributed by atoms with E-state index in [9.17, 15) is 0 Å². The van der Waals surface area contributed by atoms with E-state index in [0.717, 1.165) is 5.82 Å². The van der Waals surface area contributed by atoms with Gasteiger partial charge in [0, 0.05) is 25.2 Å². The fraction of sp³-hybridized carbons (Fsp3) is 0.706. The highest BCUT2D eigenvalue weighted by atomic mass is 16.7. The zero-order valence-corrected chi connectivity index (χ0v) is 14.2. The van der Waals surface area contributed by atoms with Crippen molar-refractivity contribution in [2.45, 2.75) is 70.1 Å². The highest BCUT2D eigenvalue weighted by Gasteiger charge is 2.54. The monoisotopic (exact) mass is 300 g/mol. The number of fused-ring (bicyclic) bond motifs is 3. The van der Waals surface area contributed by atoms with Crippen LogP contribution in [0.2, 0.25) is 0 Å². The van der Waals surface area contributed by atoms with Gasteiger partial charge in [0.1, 0.15) is 5.82 Å². The fourth-order valence-electron chi connectivity index (χ4n) is 4.21. The summed E-state index contributed by atoms with van der Waals surface area (Å²) < 4.78 is 12.6. The molecule has 0 radical (unpaired) electrons. The van der Waals surface area contributed by atoms with Crippen LogP contribution < -0.4 is 10.4 Å². The number of anilines is 1. The van der Waals surface area contributed by atoms with Crippen LogP contribution in [0.25, 0.3) is 0 Å². The van der Waals surface area contributed by atoms with E-state index in [-0.39, 0.29) is 18.3 Å². The largest absolute Gasteiger partial charge is 0.495 e. The van der Waals surface area contributed by atoms with E-state index < -0.39 is 0 Å². The molecule has 2 unspecified atom stereocenters. The summed E-state index contributed by atoms with van der Waals surface area (Å²) in [5.41, 5.74) is 1.96. The van der Waals surface area contributed by atoms with Crippen LogP contribution in [-0.4, -0.2) is 36.4 Å². The lowest BCUT2D eigenvalue weighted by atomic mass is 9.73. The number of nitrogens with zero attached hydrogens (tertiary/aromatic N) is 2. The summed E-state index contributed by atoms with van der Waals surface area (Å²) in [6, 6.07) is 2.70. The van der Waals surface area contributed by atoms with Crippen molar-refractivity contribution in [2.75, 3.05) is 11.9 Å². The molecule has 0 bridgehead atoms. The molecular weight excluding hydrogens is 275 g/mol. The Kier molecular flexibility index (Phi) is 2.96. The van der Waals surface area contributed by atoms with Gasteiger partial charge < -0.3 is 14.2 Å². The molecule has 0 aromatic carbocycles. The first-order valence-electron chi connectivity index (χ1n) is 8.39. The lowest BCUT2D eigenvalue weighted by molar-refractivity contribution is 0.00578. The number of likely N-dealkylation sites (N-methyl/N-ethyl adjacent to an activating group) is 1. The molecule has 1 aliphatic carbocycles. The molecule has 22 heavy (non-hydrogen) atoms. The molecule has 118 valence electrons. The van der Waals surface area contributed by atoms with Crippen LogP contribution in [0, 0.1) is 0 Å². The van der Waals surface area contributed by atoms with E-state index in [1.165, 1.54) is 30.3 Å². The number of pyridine rings is 1. The molecule has 0 amide bonds. The van der Waals surface area contributed by atoms with Gasteiger partial charge in [0.25, 0.3) is 0 Å². The van der Waals surface area contributed by atoms with E-state index in [0.29, 0.717) is 12.0 Å². The second-order valence-electron chi connectivity index (χ2n) is 7.94. The third-order valence-corrected chi connectivity index (χ3v) is 6.19. The van der Waals surface area contributed by atoms with Crippen LogP contribution in [0.15, 0.2) is 12.3 Å². The summed E-state index contributed by atoms with van der Waals surface area (Å²) in [7, 11) is 1.89. The molecule has 4 nitrogen and oxygen atoms in total. The summed E-state index contributed by atoms with van der Waals surface area (Å²) in [6.07, 6.45) is 5.72. The third kappa shape index (κ3) is 1.81. The molecule has 3 heterocycles. The Bertz CT molecular complexity index is 601. The molecule has 5 heteroatoms. The Hall–Kier alpha value is -1.07. The van der Waals surface area contributed by atoms with Crippen molar-refractivity contribution in [3.05, 3.63) is 17.8 Å². The van der Waals surface area contributed by atoms with Crippen LogP contribution in [0.3, 0.4) is 0 Å². The van der Waals surface area contributed by atoms with Gasteiger partial charge in [-0.15, -0.1) is 0 Å². The van der Waals surface area contributed by atoms with Gasteiger partial charge in [0.05, 0.1) is 11.2 Å². The summed E-state index contributed by atoms with van der Waals surface area (Å²) in [4.78, 5) is 7.01. The van der Waals surface area contributed by atoms with Crippen LogP contribution in [0.4, 0.5) is 5.82 Å². The molecule has 1 aromatic rings. The summed E-state index contributed by atoms with van der Waals surface area (Å²) >= 11 is 0. The van der Waals surface area contributed by atoms with Gasteiger partial charge in [0.2, 0.25) is 0 Å². The van der Waals surface area contributed by atoms with Crippen LogP contribution >= 0.6 is 0 Å². The second-order valence-corrected chi connectivity index (χ2v) is 7.94. The van der Waals surface area contributed by atoms with Gasteiger partial charge in [-0.25, -0.2) is 4.98 Å². The van der Waals surface area contributed by atoms with Crippen molar-refractivity contribution in [3.63, 3.8) is 0 Å². The number of aromatic nitrogens is 1. The minimum Gasteiger partial charge on any atom is -0.399 e. The molecule has 3 aliphatic rings. The van der Waals surface area contributed by atoms with Crippen molar-refractivity contribution in [3.8, 4) is 0 Å². The SMILES string of the molecule is CN1c2nccc(B3OC(C)(C)C(C)(C)O3)c2C2CCCC21. The van der Waals surface area contributed by atoms with E-state index in [2.05, 4.69) is 50.7 Å². The van der Waals surface area contributed by atoms with Crippen LogP contribution in [-0.2, 0) is 9.31 Å². The maximum absolute atomic E-state index is 6.29. The Balaban J connectivity index is 1.77. The summed E-state index contributed by atoms with van der Waals surface area (Å²) in [6.45, 7) is 8.44. The minimum absolute atomic E-state index is 0.283. The highest BCUT2D eigenvalue weighted by molar-refractivity contribution is 6.62. The molecule has 2 fully saturated rings. The molecule has 0 N–H and O–H groups in total. The minimum atomic E-state index is -0.298. The van der Waals surface area contributed by atoms with Gasteiger partial charge in [0.15, 0.2) is 0 Å². The molecule has 2 atom stereocenters. The quantitative estimate of drug-likeness (QED) is 0.746. The van der Waals surface area contributed by atoms with Gasteiger partial charge >= 0.3 is 7.12 Å². The lowest BCUT2D eigenvalue weighted by Crippen LogP contribution is -2.41. The molecule has 0 spiro atoms. The van der Waals surface area contributed by atoms with Gasteiger partial charge in [-0.2, -0.15) is 0 Å². The Morgan fingerprint density at radius 1 is 1.18 bits per heavy atom. The lowest BCUT2D eigenvalue weighted by Gasteiger charge is -2.32. The average Bonchev–Trinajstić information content (AvgIpc) is 3.06. The molecule has 2 aliphatic heterocycles. The van der Waals surface area contributed by atoms with Crippen molar-refractivity contribution >= 4 is 18.4 Å². The third-order valence-electron chi connectivity index (χ3n) is 6.19.